The fourth-order valence-corrected chi connectivity index (χ4v) is 5.79. The number of carbonyl (C=O) groups is 2. The first-order chi connectivity index (χ1) is 18.0. The van der Waals surface area contributed by atoms with Crippen molar-refractivity contribution in [3.8, 4) is 0 Å². The van der Waals surface area contributed by atoms with E-state index in [9.17, 15) is 14.0 Å². The second kappa shape index (κ2) is 13.8. The zero-order chi connectivity index (χ0) is 26.0. The van der Waals surface area contributed by atoms with Gasteiger partial charge < -0.3 is 10.2 Å². The molecule has 0 spiro atoms. The maximum absolute atomic E-state index is 14.7. The first-order valence-electron chi connectivity index (χ1n) is 12.7. The van der Waals surface area contributed by atoms with E-state index >= 15 is 0 Å². The van der Waals surface area contributed by atoms with Crippen molar-refractivity contribution in [2.24, 2.45) is 0 Å². The van der Waals surface area contributed by atoms with Crippen LogP contribution in [-0.4, -0.2) is 34.6 Å². The van der Waals surface area contributed by atoms with Gasteiger partial charge in [-0.15, -0.1) is 11.8 Å². The number of thioether (sulfide) groups is 1. The van der Waals surface area contributed by atoms with Crippen molar-refractivity contribution in [1.29, 1.82) is 0 Å². The van der Waals surface area contributed by atoms with Crippen LogP contribution in [0.5, 0.6) is 0 Å². The molecule has 0 aromatic heterocycles. The first-order valence-corrected chi connectivity index (χ1v) is 14.6. The Morgan fingerprint density at radius 2 is 1.62 bits per heavy atom. The summed E-state index contributed by atoms with van der Waals surface area (Å²) in [4.78, 5) is 28.9. The number of rotatable bonds is 11. The zero-order valence-corrected chi connectivity index (χ0v) is 23.1. The SMILES string of the molecule is O=C(NC1CCCC1)[C@H](Cc1ccccc1)N(Cc1ccccc1F)C(=O)CSCc1ccc(Br)cc1. The molecule has 7 heteroatoms. The molecule has 4 rings (SSSR count). The third-order valence-corrected chi connectivity index (χ3v) is 8.20. The summed E-state index contributed by atoms with van der Waals surface area (Å²) in [5.74, 6) is 0.153. The maximum atomic E-state index is 14.7. The number of carbonyl (C=O) groups excluding carboxylic acids is 2. The van der Waals surface area contributed by atoms with Gasteiger partial charge in [-0.1, -0.05) is 89.4 Å². The summed E-state index contributed by atoms with van der Waals surface area (Å²) in [6.07, 6.45) is 4.47. The van der Waals surface area contributed by atoms with E-state index in [1.807, 2.05) is 54.6 Å². The Morgan fingerprint density at radius 1 is 0.946 bits per heavy atom. The van der Waals surface area contributed by atoms with Gasteiger partial charge in [-0.3, -0.25) is 9.59 Å². The van der Waals surface area contributed by atoms with E-state index in [0.29, 0.717) is 17.7 Å². The van der Waals surface area contributed by atoms with Gasteiger partial charge in [0.2, 0.25) is 11.8 Å². The topological polar surface area (TPSA) is 49.4 Å². The van der Waals surface area contributed by atoms with Gasteiger partial charge in [0.1, 0.15) is 11.9 Å². The van der Waals surface area contributed by atoms with Crippen LogP contribution in [-0.2, 0) is 28.3 Å². The second-order valence-electron chi connectivity index (χ2n) is 9.43. The van der Waals surface area contributed by atoms with Crippen LogP contribution < -0.4 is 5.32 Å². The van der Waals surface area contributed by atoms with Crippen molar-refractivity contribution < 1.29 is 14.0 Å². The summed E-state index contributed by atoms with van der Waals surface area (Å²) in [6.45, 7) is 0.0416. The molecule has 1 aliphatic carbocycles. The lowest BCUT2D eigenvalue weighted by atomic mass is 10.0. The molecular weight excluding hydrogens is 551 g/mol. The highest BCUT2D eigenvalue weighted by Crippen LogP contribution is 2.22. The molecular formula is C30H32BrFN2O2S. The predicted molar refractivity (Wildman–Crippen MR) is 152 cm³/mol. The number of nitrogens with one attached hydrogen (secondary N) is 1. The van der Waals surface area contributed by atoms with Crippen molar-refractivity contribution in [3.05, 3.63) is 106 Å². The summed E-state index contributed by atoms with van der Waals surface area (Å²) in [5.41, 5.74) is 2.48. The normalized spacial score (nSPS) is 14.3. The Labute approximate surface area is 231 Å². The lowest BCUT2D eigenvalue weighted by Crippen LogP contribution is -2.52. The van der Waals surface area contributed by atoms with Gasteiger partial charge in [0, 0.05) is 34.8 Å². The van der Waals surface area contributed by atoms with Gasteiger partial charge in [-0.05, 0) is 42.2 Å². The smallest absolute Gasteiger partial charge is 0.243 e. The number of benzene rings is 3. The minimum Gasteiger partial charge on any atom is -0.352 e. The standard InChI is InChI=1S/C30H32BrFN2O2S/c31-25-16-14-23(15-17-25)20-37-21-29(35)34(19-24-10-4-7-13-27(24)32)28(18-22-8-2-1-3-9-22)30(36)33-26-11-5-6-12-26/h1-4,7-10,13-17,26,28H,5-6,11-12,18-21H2,(H,33,36)/t28-/m0/s1. The van der Waals surface area contributed by atoms with Gasteiger partial charge in [0.05, 0.1) is 5.75 Å². The van der Waals surface area contributed by atoms with Crippen LogP contribution in [0.1, 0.15) is 42.4 Å². The number of amides is 2. The number of hydrogen-bond donors (Lipinski definition) is 1. The maximum Gasteiger partial charge on any atom is 0.243 e. The highest BCUT2D eigenvalue weighted by Gasteiger charge is 2.32. The van der Waals surface area contributed by atoms with Gasteiger partial charge in [0.15, 0.2) is 0 Å². The number of halogens is 2. The Kier molecular flexibility index (Phi) is 10.2. The average Bonchev–Trinajstić information content (AvgIpc) is 3.42. The van der Waals surface area contributed by atoms with E-state index in [4.69, 9.17) is 0 Å². The molecule has 1 N–H and O–H groups in total. The van der Waals surface area contributed by atoms with Crippen LogP contribution in [0.25, 0.3) is 0 Å². The van der Waals surface area contributed by atoms with Crippen molar-refractivity contribution in [2.45, 2.75) is 56.5 Å². The molecule has 3 aromatic carbocycles. The highest BCUT2D eigenvalue weighted by atomic mass is 79.9. The molecule has 1 aliphatic rings. The highest BCUT2D eigenvalue weighted by molar-refractivity contribution is 9.10. The third-order valence-electron chi connectivity index (χ3n) is 6.68. The quantitative estimate of drug-likeness (QED) is 0.280. The first kappa shape index (κ1) is 27.4. The van der Waals surface area contributed by atoms with E-state index in [1.165, 1.54) is 17.8 Å². The summed E-state index contributed by atoms with van der Waals surface area (Å²) in [5, 5.41) is 3.18. The van der Waals surface area contributed by atoms with Gasteiger partial charge in [-0.25, -0.2) is 4.39 Å². The number of hydrogen-bond acceptors (Lipinski definition) is 3. The molecule has 0 saturated heterocycles. The monoisotopic (exact) mass is 582 g/mol. The van der Waals surface area contributed by atoms with E-state index in [0.717, 1.165) is 41.3 Å². The molecule has 0 unspecified atom stereocenters. The molecule has 0 aliphatic heterocycles. The molecule has 37 heavy (non-hydrogen) atoms. The zero-order valence-electron chi connectivity index (χ0n) is 20.7. The number of nitrogens with zero attached hydrogens (tertiary/aromatic N) is 1. The van der Waals surface area contributed by atoms with Crippen molar-refractivity contribution >= 4 is 39.5 Å². The van der Waals surface area contributed by atoms with Gasteiger partial charge in [-0.2, -0.15) is 0 Å². The molecule has 3 aromatic rings. The molecule has 4 nitrogen and oxygen atoms in total. The van der Waals surface area contributed by atoms with Gasteiger partial charge in [0.25, 0.3) is 0 Å². The molecule has 2 amide bonds. The van der Waals surface area contributed by atoms with Crippen molar-refractivity contribution in [3.63, 3.8) is 0 Å². The Morgan fingerprint density at radius 3 is 2.32 bits per heavy atom. The summed E-state index contributed by atoms with van der Waals surface area (Å²) >= 11 is 4.94. The Hall–Kier alpha value is -2.64. The molecule has 1 saturated carbocycles. The van der Waals surface area contributed by atoms with Crippen LogP contribution in [0.15, 0.2) is 83.3 Å². The van der Waals surface area contributed by atoms with Crippen LogP contribution in [0.2, 0.25) is 0 Å². The summed E-state index contributed by atoms with van der Waals surface area (Å²) in [7, 11) is 0. The van der Waals surface area contributed by atoms with E-state index < -0.39 is 6.04 Å². The van der Waals surface area contributed by atoms with E-state index in [-0.39, 0.29) is 36.0 Å². The van der Waals surface area contributed by atoms with Gasteiger partial charge >= 0.3 is 0 Å². The minimum absolute atomic E-state index is 0.0416. The van der Waals surface area contributed by atoms with Crippen molar-refractivity contribution in [1.82, 2.24) is 10.2 Å². The molecule has 0 heterocycles. The second-order valence-corrected chi connectivity index (χ2v) is 11.3. The van der Waals surface area contributed by atoms with Crippen LogP contribution in [0, 0.1) is 5.82 Å². The predicted octanol–water partition coefficient (Wildman–Crippen LogP) is 6.52. The molecule has 0 bridgehead atoms. The van der Waals surface area contributed by atoms with Crippen molar-refractivity contribution in [2.75, 3.05) is 5.75 Å². The molecule has 0 radical (unpaired) electrons. The molecule has 194 valence electrons. The lowest BCUT2D eigenvalue weighted by molar-refractivity contribution is -0.139. The molecule has 1 fully saturated rings. The van der Waals surface area contributed by atoms with E-state index in [2.05, 4.69) is 21.2 Å². The fourth-order valence-electron chi connectivity index (χ4n) is 4.65. The average molecular weight is 584 g/mol. The summed E-state index contributed by atoms with van der Waals surface area (Å²) in [6, 6.07) is 23.6. The fraction of sp³-hybridized carbons (Fsp3) is 0.333. The Balaban J connectivity index is 1.56. The lowest BCUT2D eigenvalue weighted by Gasteiger charge is -2.32. The largest absolute Gasteiger partial charge is 0.352 e. The van der Waals surface area contributed by atoms with Crippen LogP contribution in [0.3, 0.4) is 0 Å². The van der Waals surface area contributed by atoms with Crippen LogP contribution in [0.4, 0.5) is 4.39 Å². The van der Waals surface area contributed by atoms with E-state index in [1.54, 1.807) is 23.1 Å². The molecule has 1 atom stereocenters. The third kappa shape index (κ3) is 8.17. The minimum atomic E-state index is -0.733. The Bertz CT molecular complexity index is 1170. The van der Waals surface area contributed by atoms with Crippen LogP contribution >= 0.6 is 27.7 Å². The summed E-state index contributed by atoms with van der Waals surface area (Å²) < 4.78 is 15.7.